The topological polar surface area (TPSA) is 102 Å². The molecule has 0 aliphatic carbocycles. The van der Waals surface area contributed by atoms with Crippen LogP contribution in [0.1, 0.15) is 32.2 Å². The number of benzene rings is 1. The lowest BCUT2D eigenvalue weighted by atomic mass is 10.0. The van der Waals surface area contributed by atoms with Crippen LogP contribution in [-0.4, -0.2) is 52.2 Å². The first kappa shape index (κ1) is 19.9. The molecule has 28 heavy (non-hydrogen) atoms. The Kier molecular flexibility index (Phi) is 6.65. The first-order chi connectivity index (χ1) is 13.5. The summed E-state index contributed by atoms with van der Waals surface area (Å²) in [4.78, 5) is 25.7. The van der Waals surface area contributed by atoms with Gasteiger partial charge in [0, 0.05) is 19.2 Å². The van der Waals surface area contributed by atoms with Crippen molar-refractivity contribution in [3.05, 3.63) is 42.6 Å². The van der Waals surface area contributed by atoms with E-state index in [1.807, 2.05) is 41.9 Å². The van der Waals surface area contributed by atoms with Crippen LogP contribution >= 0.6 is 0 Å². The van der Waals surface area contributed by atoms with E-state index in [0.29, 0.717) is 12.4 Å². The van der Waals surface area contributed by atoms with Crippen molar-refractivity contribution in [1.82, 2.24) is 14.7 Å². The molecule has 2 aromatic rings. The van der Waals surface area contributed by atoms with E-state index in [9.17, 15) is 9.59 Å². The molecule has 0 radical (unpaired) electrons. The molecule has 1 aromatic carbocycles. The van der Waals surface area contributed by atoms with Crippen LogP contribution in [0.5, 0.6) is 5.75 Å². The molecule has 1 fully saturated rings. The average molecular weight is 385 g/mol. The highest BCUT2D eigenvalue weighted by atomic mass is 16.5. The van der Waals surface area contributed by atoms with E-state index in [1.54, 1.807) is 12.3 Å². The maximum Gasteiger partial charge on any atom is 0.234 e. The number of nitrogens with one attached hydrogen (secondary N) is 1. The summed E-state index contributed by atoms with van der Waals surface area (Å²) in [6.07, 6.45) is 3.64. The zero-order valence-electron chi connectivity index (χ0n) is 16.1. The second-order valence-corrected chi connectivity index (χ2v) is 6.97. The molecular formula is C20H27N5O3. The first-order valence-electron chi connectivity index (χ1n) is 9.59. The Morgan fingerprint density at radius 2 is 1.96 bits per heavy atom. The molecule has 8 heteroatoms. The summed E-state index contributed by atoms with van der Waals surface area (Å²) < 4.78 is 7.43. The van der Waals surface area contributed by atoms with Crippen LogP contribution in [0.4, 0.5) is 5.82 Å². The van der Waals surface area contributed by atoms with Crippen LogP contribution in [0.25, 0.3) is 0 Å². The fourth-order valence-electron chi connectivity index (χ4n) is 3.39. The molecule has 3 N–H and O–H groups in total. The third-order valence-electron chi connectivity index (χ3n) is 5.08. The molecule has 0 bridgehead atoms. The van der Waals surface area contributed by atoms with Gasteiger partial charge in [-0.15, -0.1) is 0 Å². The smallest absolute Gasteiger partial charge is 0.234 e. The van der Waals surface area contributed by atoms with Gasteiger partial charge in [0.15, 0.2) is 0 Å². The average Bonchev–Trinajstić information content (AvgIpc) is 3.16. The first-order valence-corrected chi connectivity index (χ1v) is 9.59. The highest BCUT2D eigenvalue weighted by Gasteiger charge is 2.27. The van der Waals surface area contributed by atoms with Gasteiger partial charge in [-0.05, 0) is 31.9 Å². The molecule has 1 aromatic heterocycles. The molecule has 1 aliphatic heterocycles. The van der Waals surface area contributed by atoms with Crippen LogP contribution in [0.3, 0.4) is 0 Å². The van der Waals surface area contributed by atoms with E-state index in [4.69, 9.17) is 10.5 Å². The predicted octanol–water partition coefficient (Wildman–Crippen LogP) is 1.80. The number of piperidine rings is 1. The summed E-state index contributed by atoms with van der Waals surface area (Å²) >= 11 is 0. The van der Waals surface area contributed by atoms with E-state index >= 15 is 0 Å². The van der Waals surface area contributed by atoms with E-state index in [-0.39, 0.29) is 30.3 Å². The Bertz CT molecular complexity index is 784. The summed E-state index contributed by atoms with van der Waals surface area (Å²) in [5.74, 6) is 1.02. The fraction of sp³-hybridized carbons (Fsp3) is 0.450. The molecule has 0 spiro atoms. The van der Waals surface area contributed by atoms with Gasteiger partial charge in [0.2, 0.25) is 11.8 Å². The summed E-state index contributed by atoms with van der Waals surface area (Å²) in [5.41, 5.74) is 5.40. The number of amides is 2. The number of aromatic nitrogens is 2. The van der Waals surface area contributed by atoms with Gasteiger partial charge in [0.25, 0.3) is 0 Å². The van der Waals surface area contributed by atoms with Gasteiger partial charge in [-0.25, -0.2) is 4.68 Å². The number of ether oxygens (including phenoxy) is 1. The standard InChI is InChI=1S/C20H27N5O3/c1-15(20(21)27)24-12-8-16(9-13-24)25-18(7-11-22-25)23-19(26)10-14-28-17-5-3-2-4-6-17/h2-7,11,15-16H,8-10,12-14H2,1H3,(H2,21,27)(H,23,26)/t15-/m1/s1. The number of nitrogens with zero attached hydrogens (tertiary/aromatic N) is 3. The number of hydrogen-bond donors (Lipinski definition) is 2. The highest BCUT2D eigenvalue weighted by molar-refractivity contribution is 5.89. The van der Waals surface area contributed by atoms with E-state index < -0.39 is 0 Å². The lowest BCUT2D eigenvalue weighted by molar-refractivity contribution is -0.123. The number of carbonyl (C=O) groups is 2. The van der Waals surface area contributed by atoms with Gasteiger partial charge in [-0.2, -0.15) is 5.10 Å². The lowest BCUT2D eigenvalue weighted by Crippen LogP contribution is -2.46. The number of likely N-dealkylation sites (tertiary alicyclic amines) is 1. The molecule has 0 saturated carbocycles. The molecule has 1 saturated heterocycles. The third-order valence-corrected chi connectivity index (χ3v) is 5.08. The van der Waals surface area contributed by atoms with Crippen LogP contribution in [0.15, 0.2) is 42.6 Å². The Morgan fingerprint density at radius 1 is 1.25 bits per heavy atom. The maximum absolute atomic E-state index is 12.3. The van der Waals surface area contributed by atoms with Crippen molar-refractivity contribution in [3.63, 3.8) is 0 Å². The molecule has 2 heterocycles. The molecule has 0 unspecified atom stereocenters. The van der Waals surface area contributed by atoms with Gasteiger partial charge in [0.1, 0.15) is 11.6 Å². The molecule has 8 nitrogen and oxygen atoms in total. The van der Waals surface area contributed by atoms with Crippen molar-refractivity contribution in [2.24, 2.45) is 5.73 Å². The Balaban J connectivity index is 1.48. The third kappa shape index (κ3) is 5.10. The Labute approximate surface area is 164 Å². The van der Waals surface area contributed by atoms with Crippen molar-refractivity contribution in [1.29, 1.82) is 0 Å². The number of carbonyl (C=O) groups excluding carboxylic acids is 2. The largest absolute Gasteiger partial charge is 0.493 e. The minimum atomic E-state index is -0.303. The minimum absolute atomic E-state index is 0.113. The monoisotopic (exact) mass is 385 g/mol. The van der Waals surface area contributed by atoms with Crippen molar-refractivity contribution in [2.75, 3.05) is 25.0 Å². The van der Waals surface area contributed by atoms with Gasteiger partial charge in [-0.3, -0.25) is 14.5 Å². The molecule has 1 atom stereocenters. The van der Waals surface area contributed by atoms with Gasteiger partial charge >= 0.3 is 0 Å². The zero-order valence-corrected chi connectivity index (χ0v) is 16.1. The second-order valence-electron chi connectivity index (χ2n) is 6.97. The van der Waals surface area contributed by atoms with Crippen LogP contribution in [0, 0.1) is 0 Å². The molecule has 1 aliphatic rings. The van der Waals surface area contributed by atoms with E-state index in [2.05, 4.69) is 15.3 Å². The number of nitrogens with two attached hydrogens (primary N) is 1. The Hall–Kier alpha value is -2.87. The zero-order chi connectivity index (χ0) is 19.9. The number of hydrogen-bond acceptors (Lipinski definition) is 5. The number of rotatable bonds is 8. The Morgan fingerprint density at radius 3 is 2.64 bits per heavy atom. The lowest BCUT2D eigenvalue weighted by Gasteiger charge is -2.35. The normalized spacial score (nSPS) is 16.5. The van der Waals surface area contributed by atoms with Gasteiger partial charge < -0.3 is 15.8 Å². The SMILES string of the molecule is C[C@H](C(N)=O)N1CCC(n2nccc2NC(=O)CCOc2ccccc2)CC1. The number of anilines is 1. The number of primary amides is 1. The van der Waals surface area contributed by atoms with Gasteiger partial charge in [0.05, 0.1) is 31.3 Å². The maximum atomic E-state index is 12.3. The predicted molar refractivity (Wildman–Crippen MR) is 106 cm³/mol. The number of para-hydroxylation sites is 1. The minimum Gasteiger partial charge on any atom is -0.493 e. The van der Waals surface area contributed by atoms with Crippen LogP contribution in [0.2, 0.25) is 0 Å². The molecule has 2 amide bonds. The van der Waals surface area contributed by atoms with Crippen molar-refractivity contribution >= 4 is 17.6 Å². The molecule has 3 rings (SSSR count). The van der Waals surface area contributed by atoms with E-state index in [1.165, 1.54) is 0 Å². The summed E-state index contributed by atoms with van der Waals surface area (Å²) in [6.45, 7) is 3.69. The van der Waals surface area contributed by atoms with Crippen molar-refractivity contribution < 1.29 is 14.3 Å². The summed E-state index contributed by atoms with van der Waals surface area (Å²) in [5, 5.41) is 7.31. The molecule has 150 valence electrons. The van der Waals surface area contributed by atoms with Crippen LogP contribution in [-0.2, 0) is 9.59 Å². The van der Waals surface area contributed by atoms with Gasteiger partial charge in [-0.1, -0.05) is 18.2 Å². The summed E-state index contributed by atoms with van der Waals surface area (Å²) in [6, 6.07) is 11.1. The highest BCUT2D eigenvalue weighted by Crippen LogP contribution is 2.26. The van der Waals surface area contributed by atoms with E-state index in [0.717, 1.165) is 31.7 Å². The fourth-order valence-corrected chi connectivity index (χ4v) is 3.39. The van der Waals surface area contributed by atoms with Crippen LogP contribution < -0.4 is 15.8 Å². The second kappa shape index (κ2) is 9.36. The summed E-state index contributed by atoms with van der Waals surface area (Å²) in [7, 11) is 0. The van der Waals surface area contributed by atoms with Crippen molar-refractivity contribution in [2.45, 2.75) is 38.3 Å². The molecular weight excluding hydrogens is 358 g/mol. The quantitative estimate of drug-likeness (QED) is 0.721. The van der Waals surface area contributed by atoms with Crippen molar-refractivity contribution in [3.8, 4) is 5.75 Å².